The van der Waals surface area contributed by atoms with E-state index in [9.17, 15) is 9.59 Å². The normalized spacial score (nSPS) is 13.2. The van der Waals surface area contributed by atoms with Crippen molar-refractivity contribution in [3.8, 4) is 5.75 Å². The van der Waals surface area contributed by atoms with Crippen LogP contribution in [-0.2, 0) is 9.59 Å². The molecule has 2 aromatic carbocycles. The number of rotatable bonds is 4. The molecule has 1 aliphatic heterocycles. The zero-order valence-corrected chi connectivity index (χ0v) is 15.7. The number of hydrogen-bond donors (Lipinski definition) is 1. The number of aryl methyl sites for hydroxylation is 2. The SMILES string of the molecule is Cc1ccc2c(c1)N(CCC(=O)Nc1ccc(Br)c(C)c1)C(=O)CO2. The number of anilines is 2. The number of carbonyl (C=O) groups excluding carboxylic acids is 2. The highest BCUT2D eigenvalue weighted by Gasteiger charge is 2.25. The van der Waals surface area contributed by atoms with Crippen molar-refractivity contribution in [1.82, 2.24) is 0 Å². The molecule has 0 saturated carbocycles. The molecule has 0 radical (unpaired) electrons. The molecule has 3 rings (SSSR count). The first kappa shape index (κ1) is 17.5. The summed E-state index contributed by atoms with van der Waals surface area (Å²) >= 11 is 3.44. The van der Waals surface area contributed by atoms with Crippen LogP contribution in [0.15, 0.2) is 40.9 Å². The first-order valence-corrected chi connectivity index (χ1v) is 8.83. The summed E-state index contributed by atoms with van der Waals surface area (Å²) in [6, 6.07) is 11.3. The van der Waals surface area contributed by atoms with E-state index in [1.165, 1.54) is 0 Å². The number of nitrogens with one attached hydrogen (secondary N) is 1. The Morgan fingerprint density at radius 2 is 2.04 bits per heavy atom. The van der Waals surface area contributed by atoms with Crippen LogP contribution in [-0.4, -0.2) is 25.0 Å². The second-order valence-corrected chi connectivity index (χ2v) is 6.92. The van der Waals surface area contributed by atoms with Crippen LogP contribution < -0.4 is 15.0 Å². The Hall–Kier alpha value is -2.34. The van der Waals surface area contributed by atoms with Crippen molar-refractivity contribution in [2.24, 2.45) is 0 Å². The maximum absolute atomic E-state index is 12.2. The molecule has 0 unspecified atom stereocenters. The molecule has 2 amide bonds. The quantitative estimate of drug-likeness (QED) is 0.845. The van der Waals surface area contributed by atoms with Gasteiger partial charge in [0.2, 0.25) is 5.91 Å². The van der Waals surface area contributed by atoms with Gasteiger partial charge in [0.1, 0.15) is 5.75 Å². The second-order valence-electron chi connectivity index (χ2n) is 6.07. The lowest BCUT2D eigenvalue weighted by Crippen LogP contribution is -2.40. The van der Waals surface area contributed by atoms with Gasteiger partial charge in [-0.1, -0.05) is 22.0 Å². The Balaban J connectivity index is 1.66. The van der Waals surface area contributed by atoms with E-state index in [4.69, 9.17) is 4.74 Å². The number of hydrogen-bond acceptors (Lipinski definition) is 3. The van der Waals surface area contributed by atoms with Crippen molar-refractivity contribution < 1.29 is 14.3 Å². The van der Waals surface area contributed by atoms with Gasteiger partial charge in [-0.25, -0.2) is 0 Å². The first-order valence-electron chi connectivity index (χ1n) is 8.04. The summed E-state index contributed by atoms with van der Waals surface area (Å²) in [4.78, 5) is 26.1. The maximum atomic E-state index is 12.2. The van der Waals surface area contributed by atoms with Crippen LogP contribution in [0.3, 0.4) is 0 Å². The predicted octanol–water partition coefficient (Wildman–Crippen LogP) is 3.82. The van der Waals surface area contributed by atoms with E-state index in [-0.39, 0.29) is 24.8 Å². The molecule has 1 aliphatic rings. The van der Waals surface area contributed by atoms with Gasteiger partial charge in [0.15, 0.2) is 6.61 Å². The van der Waals surface area contributed by atoms with E-state index in [2.05, 4.69) is 21.2 Å². The van der Waals surface area contributed by atoms with Gasteiger partial charge in [-0.05, 0) is 55.3 Å². The summed E-state index contributed by atoms with van der Waals surface area (Å²) in [6.45, 7) is 4.25. The Kier molecular flexibility index (Phi) is 5.08. The molecule has 5 nitrogen and oxygen atoms in total. The van der Waals surface area contributed by atoms with Crippen molar-refractivity contribution >= 4 is 39.1 Å². The molecule has 0 atom stereocenters. The fraction of sp³-hybridized carbons (Fsp3) is 0.263. The van der Waals surface area contributed by atoms with Crippen LogP contribution in [0.1, 0.15) is 17.5 Å². The van der Waals surface area contributed by atoms with E-state index in [0.717, 1.165) is 27.0 Å². The van der Waals surface area contributed by atoms with Gasteiger partial charge >= 0.3 is 0 Å². The number of ether oxygens (including phenoxy) is 1. The molecule has 130 valence electrons. The number of fused-ring (bicyclic) bond motifs is 1. The lowest BCUT2D eigenvalue weighted by Gasteiger charge is -2.29. The number of halogens is 1. The highest BCUT2D eigenvalue weighted by atomic mass is 79.9. The number of benzene rings is 2. The van der Waals surface area contributed by atoms with E-state index in [1.54, 1.807) is 4.90 Å². The van der Waals surface area contributed by atoms with Gasteiger partial charge in [-0.3, -0.25) is 9.59 Å². The van der Waals surface area contributed by atoms with Crippen LogP contribution in [0.5, 0.6) is 5.75 Å². The molecule has 0 aromatic heterocycles. The molecular formula is C19H19BrN2O3. The van der Waals surface area contributed by atoms with Gasteiger partial charge in [-0.15, -0.1) is 0 Å². The summed E-state index contributed by atoms with van der Waals surface area (Å²) in [7, 11) is 0. The molecule has 0 bridgehead atoms. The Labute approximate surface area is 155 Å². The van der Waals surface area contributed by atoms with Crippen LogP contribution in [0.25, 0.3) is 0 Å². The van der Waals surface area contributed by atoms with Crippen molar-refractivity contribution in [2.45, 2.75) is 20.3 Å². The Bertz CT molecular complexity index is 835. The smallest absolute Gasteiger partial charge is 0.265 e. The third kappa shape index (κ3) is 4.02. The van der Waals surface area contributed by atoms with Crippen LogP contribution in [0.2, 0.25) is 0 Å². The summed E-state index contributed by atoms with van der Waals surface area (Å²) in [5.74, 6) is 0.412. The summed E-state index contributed by atoms with van der Waals surface area (Å²) in [5.41, 5.74) is 3.56. The minimum absolute atomic E-state index is 0.00356. The lowest BCUT2D eigenvalue weighted by molar-refractivity contribution is -0.121. The lowest BCUT2D eigenvalue weighted by atomic mass is 10.1. The van der Waals surface area contributed by atoms with E-state index in [0.29, 0.717) is 12.3 Å². The van der Waals surface area contributed by atoms with Crippen molar-refractivity contribution in [3.05, 3.63) is 52.0 Å². The van der Waals surface area contributed by atoms with Crippen LogP contribution in [0.4, 0.5) is 11.4 Å². The fourth-order valence-electron chi connectivity index (χ4n) is 2.72. The van der Waals surface area contributed by atoms with Gasteiger partial charge in [-0.2, -0.15) is 0 Å². The summed E-state index contributed by atoms with van der Waals surface area (Å²) < 4.78 is 6.45. The molecule has 6 heteroatoms. The van der Waals surface area contributed by atoms with Crippen molar-refractivity contribution in [2.75, 3.05) is 23.4 Å². The third-order valence-corrected chi connectivity index (χ3v) is 4.95. The average Bonchev–Trinajstić information content (AvgIpc) is 2.57. The number of nitrogens with zero attached hydrogens (tertiary/aromatic N) is 1. The molecule has 2 aromatic rings. The zero-order chi connectivity index (χ0) is 18.0. The van der Waals surface area contributed by atoms with Crippen molar-refractivity contribution in [1.29, 1.82) is 0 Å². The highest BCUT2D eigenvalue weighted by molar-refractivity contribution is 9.10. The molecule has 0 saturated heterocycles. The average molecular weight is 403 g/mol. The minimum Gasteiger partial charge on any atom is -0.482 e. The van der Waals surface area contributed by atoms with Crippen LogP contribution in [0, 0.1) is 13.8 Å². The molecular weight excluding hydrogens is 384 g/mol. The Morgan fingerprint density at radius 1 is 1.24 bits per heavy atom. The standard InChI is InChI=1S/C19H19BrN2O3/c1-12-3-6-17-16(9-12)22(19(24)11-25-17)8-7-18(23)21-14-4-5-15(20)13(2)10-14/h3-6,9-10H,7-8,11H2,1-2H3,(H,21,23). The summed E-state index contributed by atoms with van der Waals surface area (Å²) in [5, 5.41) is 2.87. The predicted molar refractivity (Wildman–Crippen MR) is 101 cm³/mol. The molecule has 1 N–H and O–H groups in total. The molecule has 25 heavy (non-hydrogen) atoms. The monoisotopic (exact) mass is 402 g/mol. The maximum Gasteiger partial charge on any atom is 0.265 e. The number of carbonyl (C=O) groups is 2. The third-order valence-electron chi connectivity index (χ3n) is 4.06. The Morgan fingerprint density at radius 3 is 2.80 bits per heavy atom. The number of amides is 2. The zero-order valence-electron chi connectivity index (χ0n) is 14.1. The van der Waals surface area contributed by atoms with E-state index in [1.807, 2.05) is 50.2 Å². The van der Waals surface area contributed by atoms with Gasteiger partial charge < -0.3 is 15.0 Å². The molecule has 0 spiro atoms. The van der Waals surface area contributed by atoms with E-state index >= 15 is 0 Å². The molecule has 1 heterocycles. The largest absolute Gasteiger partial charge is 0.482 e. The highest BCUT2D eigenvalue weighted by Crippen LogP contribution is 2.32. The van der Waals surface area contributed by atoms with Crippen molar-refractivity contribution in [3.63, 3.8) is 0 Å². The summed E-state index contributed by atoms with van der Waals surface area (Å²) in [6.07, 6.45) is 0.217. The second kappa shape index (κ2) is 7.27. The molecule has 0 fully saturated rings. The fourth-order valence-corrected chi connectivity index (χ4v) is 2.96. The first-order chi connectivity index (χ1) is 11.9. The van der Waals surface area contributed by atoms with Gasteiger partial charge in [0, 0.05) is 23.1 Å². The minimum atomic E-state index is -0.134. The van der Waals surface area contributed by atoms with Gasteiger partial charge in [0.05, 0.1) is 5.69 Å². The molecule has 0 aliphatic carbocycles. The van der Waals surface area contributed by atoms with Crippen LogP contribution >= 0.6 is 15.9 Å². The van der Waals surface area contributed by atoms with E-state index < -0.39 is 0 Å². The van der Waals surface area contributed by atoms with Gasteiger partial charge in [0.25, 0.3) is 5.91 Å². The topological polar surface area (TPSA) is 58.6 Å².